The van der Waals surface area contributed by atoms with Crippen LogP contribution in [0.5, 0.6) is 0 Å². The Kier molecular flexibility index (Phi) is 4.50. The summed E-state index contributed by atoms with van der Waals surface area (Å²) in [6.45, 7) is 3.54. The van der Waals surface area contributed by atoms with Crippen LogP contribution in [-0.4, -0.2) is 40.3 Å². The molecule has 7 heteroatoms. The SMILES string of the molecule is CCCn1nccc1-c1cc(C2CCCN2S(C)(=O)=O)ccn1. The summed E-state index contributed by atoms with van der Waals surface area (Å²) < 4.78 is 27.5. The van der Waals surface area contributed by atoms with Crippen molar-refractivity contribution in [2.24, 2.45) is 0 Å². The molecular weight excluding hydrogens is 312 g/mol. The molecule has 1 unspecified atom stereocenters. The molecule has 0 saturated carbocycles. The van der Waals surface area contributed by atoms with Gasteiger partial charge in [0.1, 0.15) is 0 Å². The number of hydrogen-bond donors (Lipinski definition) is 0. The number of sulfonamides is 1. The first-order valence-electron chi connectivity index (χ1n) is 7.95. The zero-order chi connectivity index (χ0) is 16.4. The fraction of sp³-hybridized carbons (Fsp3) is 0.500. The predicted molar refractivity (Wildman–Crippen MR) is 89.3 cm³/mol. The molecule has 1 aliphatic heterocycles. The molecule has 2 aromatic heterocycles. The topological polar surface area (TPSA) is 68.1 Å². The normalized spacial score (nSPS) is 19.3. The van der Waals surface area contributed by atoms with Gasteiger partial charge in [-0.1, -0.05) is 6.92 Å². The fourth-order valence-electron chi connectivity index (χ4n) is 3.20. The van der Waals surface area contributed by atoms with Gasteiger partial charge in [-0.05, 0) is 43.0 Å². The van der Waals surface area contributed by atoms with Crippen LogP contribution >= 0.6 is 0 Å². The second kappa shape index (κ2) is 6.41. The zero-order valence-corrected chi connectivity index (χ0v) is 14.3. The first kappa shape index (κ1) is 16.1. The molecule has 0 bridgehead atoms. The Bertz CT molecular complexity index is 785. The van der Waals surface area contributed by atoms with E-state index >= 15 is 0 Å². The van der Waals surface area contributed by atoms with Crippen molar-refractivity contribution in [2.45, 2.75) is 38.8 Å². The molecule has 0 amide bonds. The van der Waals surface area contributed by atoms with Crippen LogP contribution < -0.4 is 0 Å². The lowest BCUT2D eigenvalue weighted by molar-refractivity contribution is 0.400. The maximum absolute atomic E-state index is 12.0. The fourth-order valence-corrected chi connectivity index (χ4v) is 4.35. The summed E-state index contributed by atoms with van der Waals surface area (Å²) in [6.07, 6.45) is 7.56. The zero-order valence-electron chi connectivity index (χ0n) is 13.5. The van der Waals surface area contributed by atoms with E-state index in [4.69, 9.17) is 0 Å². The number of pyridine rings is 1. The van der Waals surface area contributed by atoms with Crippen molar-refractivity contribution in [1.82, 2.24) is 19.1 Å². The molecule has 124 valence electrons. The standard InChI is InChI=1S/C16H22N4O2S/c1-3-10-19-16(7-9-18-19)14-12-13(6-8-17-14)15-5-4-11-20(15)23(2,21)22/h6-9,12,15H,3-5,10-11H2,1-2H3. The minimum Gasteiger partial charge on any atom is -0.263 e. The summed E-state index contributed by atoms with van der Waals surface area (Å²) in [5.41, 5.74) is 2.81. The highest BCUT2D eigenvalue weighted by molar-refractivity contribution is 7.88. The van der Waals surface area contributed by atoms with Gasteiger partial charge in [-0.25, -0.2) is 8.42 Å². The summed E-state index contributed by atoms with van der Waals surface area (Å²) in [4.78, 5) is 4.45. The highest BCUT2D eigenvalue weighted by Gasteiger charge is 2.32. The lowest BCUT2D eigenvalue weighted by Crippen LogP contribution is -2.29. The van der Waals surface area contributed by atoms with Crippen LogP contribution in [0.15, 0.2) is 30.6 Å². The van der Waals surface area contributed by atoms with Crippen LogP contribution in [0.1, 0.15) is 37.8 Å². The van der Waals surface area contributed by atoms with Crippen molar-refractivity contribution in [3.8, 4) is 11.4 Å². The quantitative estimate of drug-likeness (QED) is 0.842. The van der Waals surface area contributed by atoms with Gasteiger partial charge in [0.25, 0.3) is 0 Å². The van der Waals surface area contributed by atoms with E-state index in [-0.39, 0.29) is 6.04 Å². The van der Waals surface area contributed by atoms with E-state index in [1.54, 1.807) is 16.7 Å². The molecule has 0 radical (unpaired) electrons. The molecule has 1 saturated heterocycles. The van der Waals surface area contributed by atoms with Crippen molar-refractivity contribution in [2.75, 3.05) is 12.8 Å². The van der Waals surface area contributed by atoms with Crippen LogP contribution in [0, 0.1) is 0 Å². The molecule has 0 N–H and O–H groups in total. The van der Waals surface area contributed by atoms with Crippen LogP contribution in [0.3, 0.4) is 0 Å². The van der Waals surface area contributed by atoms with Crippen molar-refractivity contribution >= 4 is 10.0 Å². The van der Waals surface area contributed by atoms with Crippen LogP contribution in [-0.2, 0) is 16.6 Å². The van der Waals surface area contributed by atoms with E-state index in [1.807, 2.05) is 22.9 Å². The first-order valence-corrected chi connectivity index (χ1v) is 9.80. The molecule has 0 aromatic carbocycles. The molecule has 0 spiro atoms. The molecule has 23 heavy (non-hydrogen) atoms. The molecule has 2 aromatic rings. The monoisotopic (exact) mass is 334 g/mol. The summed E-state index contributed by atoms with van der Waals surface area (Å²) >= 11 is 0. The van der Waals surface area contributed by atoms with Gasteiger partial charge in [0.2, 0.25) is 10.0 Å². The van der Waals surface area contributed by atoms with Crippen molar-refractivity contribution in [1.29, 1.82) is 0 Å². The maximum Gasteiger partial charge on any atom is 0.211 e. The molecule has 6 nitrogen and oxygen atoms in total. The number of aromatic nitrogens is 3. The second-order valence-electron chi connectivity index (χ2n) is 5.95. The molecule has 0 aliphatic carbocycles. The van der Waals surface area contributed by atoms with Gasteiger partial charge in [0.15, 0.2) is 0 Å². The van der Waals surface area contributed by atoms with Gasteiger partial charge in [-0.15, -0.1) is 0 Å². The Labute approximate surface area is 137 Å². The largest absolute Gasteiger partial charge is 0.263 e. The van der Waals surface area contributed by atoms with Crippen molar-refractivity contribution in [3.05, 3.63) is 36.2 Å². The average molecular weight is 334 g/mol. The first-order chi connectivity index (χ1) is 11.0. The van der Waals surface area contributed by atoms with Crippen LogP contribution in [0.4, 0.5) is 0 Å². The summed E-state index contributed by atoms with van der Waals surface area (Å²) in [5, 5.41) is 4.33. The number of rotatable bonds is 5. The Morgan fingerprint density at radius 1 is 1.30 bits per heavy atom. The third-order valence-electron chi connectivity index (χ3n) is 4.21. The third-order valence-corrected chi connectivity index (χ3v) is 5.50. The molecule has 1 aliphatic rings. The van der Waals surface area contributed by atoms with E-state index < -0.39 is 10.0 Å². The minimum absolute atomic E-state index is 0.0886. The Balaban J connectivity index is 1.95. The molecule has 1 atom stereocenters. The predicted octanol–water partition coefficient (Wildman–Crippen LogP) is 2.45. The van der Waals surface area contributed by atoms with Crippen LogP contribution in [0.2, 0.25) is 0 Å². The molecular formula is C16H22N4O2S. The Morgan fingerprint density at radius 3 is 2.87 bits per heavy atom. The minimum atomic E-state index is -3.19. The maximum atomic E-state index is 12.0. The van der Waals surface area contributed by atoms with E-state index in [0.717, 1.165) is 42.8 Å². The smallest absolute Gasteiger partial charge is 0.211 e. The molecule has 1 fully saturated rings. The van der Waals surface area contributed by atoms with Crippen molar-refractivity contribution in [3.63, 3.8) is 0 Å². The van der Waals surface area contributed by atoms with Gasteiger partial charge >= 0.3 is 0 Å². The molecule has 3 heterocycles. The Morgan fingerprint density at radius 2 is 2.13 bits per heavy atom. The lowest BCUT2D eigenvalue weighted by Gasteiger charge is -2.22. The molecule has 3 rings (SSSR count). The summed E-state index contributed by atoms with van der Waals surface area (Å²) in [5.74, 6) is 0. The number of nitrogens with zero attached hydrogens (tertiary/aromatic N) is 4. The van der Waals surface area contributed by atoms with Gasteiger partial charge in [-0.3, -0.25) is 9.67 Å². The van der Waals surface area contributed by atoms with E-state index in [0.29, 0.717) is 6.54 Å². The highest BCUT2D eigenvalue weighted by atomic mass is 32.2. The van der Waals surface area contributed by atoms with Gasteiger partial charge in [0, 0.05) is 31.5 Å². The summed E-state index contributed by atoms with van der Waals surface area (Å²) in [7, 11) is -3.19. The van der Waals surface area contributed by atoms with Gasteiger partial charge < -0.3 is 0 Å². The third kappa shape index (κ3) is 3.30. The van der Waals surface area contributed by atoms with E-state index in [1.165, 1.54) is 6.26 Å². The lowest BCUT2D eigenvalue weighted by atomic mass is 10.1. The average Bonchev–Trinajstić information content (AvgIpc) is 3.16. The van der Waals surface area contributed by atoms with Crippen LogP contribution in [0.25, 0.3) is 11.4 Å². The number of aryl methyl sites for hydroxylation is 1. The summed E-state index contributed by atoms with van der Waals surface area (Å²) in [6, 6.07) is 5.77. The number of hydrogen-bond acceptors (Lipinski definition) is 4. The van der Waals surface area contributed by atoms with Gasteiger partial charge in [0.05, 0.1) is 17.6 Å². The highest BCUT2D eigenvalue weighted by Crippen LogP contribution is 2.34. The van der Waals surface area contributed by atoms with E-state index in [2.05, 4.69) is 17.0 Å². The van der Waals surface area contributed by atoms with E-state index in [9.17, 15) is 8.42 Å². The van der Waals surface area contributed by atoms with Gasteiger partial charge in [-0.2, -0.15) is 9.40 Å². The van der Waals surface area contributed by atoms with Crippen molar-refractivity contribution < 1.29 is 8.42 Å². The Hall–Kier alpha value is -1.73. The second-order valence-corrected chi connectivity index (χ2v) is 7.88.